The quantitative estimate of drug-likeness (QED) is 0.932. The minimum absolute atomic E-state index is 0.0690. The second-order valence-corrected chi connectivity index (χ2v) is 5.87. The van der Waals surface area contributed by atoms with Crippen LogP contribution in [-0.4, -0.2) is 19.1 Å². The minimum Gasteiger partial charge on any atom is -0.486 e. The van der Waals surface area contributed by atoms with E-state index in [1.165, 1.54) is 0 Å². The van der Waals surface area contributed by atoms with Gasteiger partial charge in [0.1, 0.15) is 13.2 Å². The number of benzene rings is 2. The number of fused-ring (bicyclic) bond motifs is 1. The summed E-state index contributed by atoms with van der Waals surface area (Å²) in [7, 11) is 0. The highest BCUT2D eigenvalue weighted by atomic mass is 35.5. The normalized spacial score (nSPS) is 14.2. The summed E-state index contributed by atoms with van der Waals surface area (Å²) >= 11 is 6.09. The van der Waals surface area contributed by atoms with Crippen molar-refractivity contribution in [2.45, 2.75) is 19.4 Å². The molecular formula is C18H18ClNO3. The van der Waals surface area contributed by atoms with Gasteiger partial charge in [-0.05, 0) is 36.2 Å². The van der Waals surface area contributed by atoms with E-state index in [1.54, 1.807) is 6.07 Å². The highest BCUT2D eigenvalue weighted by Crippen LogP contribution is 2.32. The van der Waals surface area contributed by atoms with Crippen molar-refractivity contribution in [3.8, 4) is 11.5 Å². The van der Waals surface area contributed by atoms with Crippen LogP contribution in [0.2, 0.25) is 5.02 Å². The molecule has 3 rings (SSSR count). The maximum Gasteiger partial charge on any atom is 0.224 e. The number of carbonyl (C=O) groups excluding carboxylic acids is 1. The van der Waals surface area contributed by atoms with Crippen molar-refractivity contribution in [3.05, 3.63) is 58.6 Å². The summed E-state index contributed by atoms with van der Waals surface area (Å²) in [5.41, 5.74) is 1.79. The van der Waals surface area contributed by atoms with E-state index in [0.29, 0.717) is 18.2 Å². The van der Waals surface area contributed by atoms with Crippen molar-refractivity contribution in [3.63, 3.8) is 0 Å². The number of amides is 1. The number of hydrogen-bond acceptors (Lipinski definition) is 3. The van der Waals surface area contributed by atoms with E-state index in [-0.39, 0.29) is 18.4 Å². The predicted octanol–water partition coefficient (Wildman–Crippen LogP) is 3.53. The van der Waals surface area contributed by atoms with Crippen molar-refractivity contribution in [1.82, 2.24) is 5.32 Å². The molecule has 0 radical (unpaired) electrons. The molecule has 0 aliphatic carbocycles. The summed E-state index contributed by atoms with van der Waals surface area (Å²) in [5.74, 6) is 1.40. The molecule has 1 aliphatic rings. The molecule has 0 saturated heterocycles. The van der Waals surface area contributed by atoms with Crippen LogP contribution < -0.4 is 14.8 Å². The first-order valence-corrected chi connectivity index (χ1v) is 7.93. The molecule has 0 fully saturated rings. The van der Waals surface area contributed by atoms with Crippen LogP contribution in [0, 0.1) is 0 Å². The Morgan fingerprint density at radius 1 is 1.17 bits per heavy atom. The zero-order valence-electron chi connectivity index (χ0n) is 12.8. The van der Waals surface area contributed by atoms with Crippen LogP contribution in [0.4, 0.5) is 0 Å². The molecule has 0 bridgehead atoms. The van der Waals surface area contributed by atoms with Gasteiger partial charge in [0.15, 0.2) is 11.5 Å². The molecule has 1 aliphatic heterocycles. The molecule has 0 saturated carbocycles. The van der Waals surface area contributed by atoms with Gasteiger partial charge in [-0.2, -0.15) is 0 Å². The smallest absolute Gasteiger partial charge is 0.224 e. The van der Waals surface area contributed by atoms with Crippen molar-refractivity contribution in [1.29, 1.82) is 0 Å². The second-order valence-electron chi connectivity index (χ2n) is 5.46. The van der Waals surface area contributed by atoms with Crippen LogP contribution in [-0.2, 0) is 11.2 Å². The molecule has 1 atom stereocenters. The monoisotopic (exact) mass is 331 g/mol. The molecule has 23 heavy (non-hydrogen) atoms. The van der Waals surface area contributed by atoms with Gasteiger partial charge in [-0.25, -0.2) is 0 Å². The molecule has 0 spiro atoms. The molecule has 0 aromatic heterocycles. The average molecular weight is 332 g/mol. The lowest BCUT2D eigenvalue weighted by Gasteiger charge is -2.21. The fourth-order valence-electron chi connectivity index (χ4n) is 2.52. The summed E-state index contributed by atoms with van der Waals surface area (Å²) in [5, 5.41) is 3.59. The van der Waals surface area contributed by atoms with Crippen molar-refractivity contribution in [2.24, 2.45) is 0 Å². The van der Waals surface area contributed by atoms with Crippen LogP contribution in [0.25, 0.3) is 0 Å². The maximum absolute atomic E-state index is 12.2. The molecule has 1 unspecified atom stereocenters. The van der Waals surface area contributed by atoms with E-state index in [1.807, 2.05) is 43.3 Å². The zero-order chi connectivity index (χ0) is 16.2. The molecule has 2 aromatic carbocycles. The van der Waals surface area contributed by atoms with Gasteiger partial charge in [0.2, 0.25) is 5.91 Å². The number of nitrogens with one attached hydrogen (secondary N) is 1. The first kappa shape index (κ1) is 15.7. The van der Waals surface area contributed by atoms with Gasteiger partial charge in [0, 0.05) is 5.02 Å². The number of halogens is 1. The zero-order valence-corrected chi connectivity index (χ0v) is 13.6. The molecule has 1 amide bonds. The molecular weight excluding hydrogens is 314 g/mol. The van der Waals surface area contributed by atoms with Crippen LogP contribution in [0.1, 0.15) is 24.1 Å². The van der Waals surface area contributed by atoms with Crippen LogP contribution in [0.15, 0.2) is 42.5 Å². The third-order valence-corrected chi connectivity index (χ3v) is 4.12. The van der Waals surface area contributed by atoms with Gasteiger partial charge in [-0.1, -0.05) is 35.9 Å². The van der Waals surface area contributed by atoms with Crippen molar-refractivity contribution >= 4 is 17.5 Å². The Labute approximate surface area is 140 Å². The Hall–Kier alpha value is -2.20. The minimum atomic E-state index is -0.124. The lowest BCUT2D eigenvalue weighted by molar-refractivity contribution is -0.121. The van der Waals surface area contributed by atoms with Gasteiger partial charge in [-0.3, -0.25) is 4.79 Å². The van der Waals surface area contributed by atoms with E-state index >= 15 is 0 Å². The summed E-state index contributed by atoms with van der Waals surface area (Å²) < 4.78 is 11.1. The maximum atomic E-state index is 12.2. The van der Waals surface area contributed by atoms with Gasteiger partial charge in [-0.15, -0.1) is 0 Å². The standard InChI is InChI=1S/C18H18ClNO3/c1-12(13-6-7-16-17(10-13)23-9-8-22-16)20-18(21)11-14-4-2-3-5-15(14)19/h2-7,10,12H,8-9,11H2,1H3,(H,20,21). The number of hydrogen-bond donors (Lipinski definition) is 1. The molecule has 2 aromatic rings. The highest BCUT2D eigenvalue weighted by molar-refractivity contribution is 6.31. The third-order valence-electron chi connectivity index (χ3n) is 3.75. The Bertz CT molecular complexity index is 717. The fourth-order valence-corrected chi connectivity index (χ4v) is 2.72. The van der Waals surface area contributed by atoms with Gasteiger partial charge in [0.25, 0.3) is 0 Å². The molecule has 4 nitrogen and oxygen atoms in total. The second kappa shape index (κ2) is 6.92. The number of carbonyl (C=O) groups is 1. The average Bonchev–Trinajstić information content (AvgIpc) is 2.56. The number of ether oxygens (including phenoxy) is 2. The Morgan fingerprint density at radius 3 is 2.70 bits per heavy atom. The first-order valence-electron chi connectivity index (χ1n) is 7.56. The molecule has 120 valence electrons. The van der Waals surface area contributed by atoms with Crippen molar-refractivity contribution < 1.29 is 14.3 Å². The third kappa shape index (κ3) is 3.77. The summed E-state index contributed by atoms with van der Waals surface area (Å²) in [6, 6.07) is 13.0. The Kier molecular flexibility index (Phi) is 4.72. The van der Waals surface area contributed by atoms with Crippen LogP contribution >= 0.6 is 11.6 Å². The Morgan fingerprint density at radius 2 is 1.91 bits per heavy atom. The lowest BCUT2D eigenvalue weighted by Crippen LogP contribution is -2.28. The summed E-state index contributed by atoms with van der Waals surface area (Å²) in [6.07, 6.45) is 0.258. The number of rotatable bonds is 4. The van der Waals surface area contributed by atoms with E-state index in [2.05, 4.69) is 5.32 Å². The molecule has 1 heterocycles. The van der Waals surface area contributed by atoms with Crippen LogP contribution in [0.3, 0.4) is 0 Å². The van der Waals surface area contributed by atoms with E-state index in [4.69, 9.17) is 21.1 Å². The van der Waals surface area contributed by atoms with E-state index in [0.717, 1.165) is 22.6 Å². The first-order chi connectivity index (χ1) is 11.1. The predicted molar refractivity (Wildman–Crippen MR) is 89.1 cm³/mol. The van der Waals surface area contributed by atoms with Crippen LogP contribution in [0.5, 0.6) is 11.5 Å². The summed E-state index contributed by atoms with van der Waals surface area (Å²) in [4.78, 5) is 12.2. The topological polar surface area (TPSA) is 47.6 Å². The molecule has 1 N–H and O–H groups in total. The van der Waals surface area contributed by atoms with Gasteiger partial charge in [0.05, 0.1) is 12.5 Å². The largest absolute Gasteiger partial charge is 0.486 e. The van der Waals surface area contributed by atoms with Gasteiger partial charge < -0.3 is 14.8 Å². The Balaban J connectivity index is 1.65. The SMILES string of the molecule is CC(NC(=O)Cc1ccccc1Cl)c1ccc2c(c1)OCCO2. The van der Waals surface area contributed by atoms with Crippen molar-refractivity contribution in [2.75, 3.05) is 13.2 Å². The highest BCUT2D eigenvalue weighted by Gasteiger charge is 2.16. The van der Waals surface area contributed by atoms with E-state index < -0.39 is 0 Å². The van der Waals surface area contributed by atoms with E-state index in [9.17, 15) is 4.79 Å². The van der Waals surface area contributed by atoms with Gasteiger partial charge >= 0.3 is 0 Å². The lowest BCUT2D eigenvalue weighted by atomic mass is 10.1. The fraction of sp³-hybridized carbons (Fsp3) is 0.278. The molecule has 5 heteroatoms. The summed E-state index contributed by atoms with van der Waals surface area (Å²) in [6.45, 7) is 3.05.